The van der Waals surface area contributed by atoms with E-state index in [-0.39, 0.29) is 12.1 Å². The van der Waals surface area contributed by atoms with E-state index in [9.17, 15) is 5.11 Å². The van der Waals surface area contributed by atoms with Gasteiger partial charge in [0.25, 0.3) is 0 Å². The van der Waals surface area contributed by atoms with Crippen molar-refractivity contribution in [2.45, 2.75) is 55.1 Å². The predicted octanol–water partition coefficient (Wildman–Crippen LogP) is 1.19. The van der Waals surface area contributed by atoms with Gasteiger partial charge in [-0.25, -0.2) is 0 Å². The molecule has 2 atom stereocenters. The first-order chi connectivity index (χ1) is 8.54. The number of aliphatic hydroxyl groups is 1. The molecule has 0 radical (unpaired) electrons. The molecule has 0 bridgehead atoms. The van der Waals surface area contributed by atoms with Crippen molar-refractivity contribution >= 4 is 11.8 Å². The summed E-state index contributed by atoms with van der Waals surface area (Å²) in [5, 5.41) is 22.6. The summed E-state index contributed by atoms with van der Waals surface area (Å²) in [5.41, 5.74) is -0.107. The summed E-state index contributed by atoms with van der Waals surface area (Å²) in [6, 6.07) is 0.399. The largest absolute Gasteiger partial charge is 0.394 e. The molecule has 0 spiro atoms. The van der Waals surface area contributed by atoms with Crippen molar-refractivity contribution in [2.75, 3.05) is 6.61 Å². The Balaban J connectivity index is 1.96. The van der Waals surface area contributed by atoms with Crippen LogP contribution in [0.1, 0.15) is 33.1 Å². The van der Waals surface area contributed by atoms with Crippen LogP contribution >= 0.6 is 11.8 Å². The van der Waals surface area contributed by atoms with Crippen LogP contribution in [0.3, 0.4) is 0 Å². The van der Waals surface area contributed by atoms with Gasteiger partial charge in [0.15, 0.2) is 5.16 Å². The molecular weight excluding hydrogens is 248 g/mol. The van der Waals surface area contributed by atoms with E-state index in [2.05, 4.69) is 29.4 Å². The maximum Gasteiger partial charge on any atom is 0.191 e. The Hall–Kier alpha value is -0.590. The lowest BCUT2D eigenvalue weighted by molar-refractivity contribution is 0.156. The predicted molar refractivity (Wildman–Crippen MR) is 72.6 cm³/mol. The fourth-order valence-electron chi connectivity index (χ4n) is 2.64. The molecule has 1 fully saturated rings. The van der Waals surface area contributed by atoms with Crippen LogP contribution in [0.2, 0.25) is 0 Å². The highest BCUT2D eigenvalue weighted by molar-refractivity contribution is 7.99. The summed E-state index contributed by atoms with van der Waals surface area (Å²) < 4.78 is 1.94. The van der Waals surface area contributed by atoms with Gasteiger partial charge in [0, 0.05) is 23.9 Å². The van der Waals surface area contributed by atoms with Crippen LogP contribution in [0.4, 0.5) is 0 Å². The number of hydrogen-bond acceptors (Lipinski definition) is 5. The first-order valence-corrected chi connectivity index (χ1v) is 7.32. The Morgan fingerprint density at radius 1 is 1.67 bits per heavy atom. The number of aliphatic hydroxyl groups excluding tert-OH is 1. The molecule has 5 nitrogen and oxygen atoms in total. The normalized spacial score (nSPS) is 28.2. The van der Waals surface area contributed by atoms with Crippen LogP contribution in [0, 0.1) is 0 Å². The van der Waals surface area contributed by atoms with Crippen molar-refractivity contribution in [1.82, 2.24) is 20.1 Å². The number of nitrogens with zero attached hydrogens (tertiary/aromatic N) is 3. The van der Waals surface area contributed by atoms with Crippen molar-refractivity contribution in [1.29, 1.82) is 0 Å². The Kier molecular flexibility index (Phi) is 4.29. The van der Waals surface area contributed by atoms with Gasteiger partial charge in [0.1, 0.15) is 6.33 Å². The average Bonchev–Trinajstić information content (AvgIpc) is 2.88. The Labute approximate surface area is 112 Å². The third-order valence-electron chi connectivity index (χ3n) is 3.40. The van der Waals surface area contributed by atoms with Gasteiger partial charge in [-0.2, -0.15) is 0 Å². The maximum absolute atomic E-state index is 9.66. The first kappa shape index (κ1) is 13.8. The summed E-state index contributed by atoms with van der Waals surface area (Å²) >= 11 is 1.77. The minimum Gasteiger partial charge on any atom is -0.394 e. The van der Waals surface area contributed by atoms with Gasteiger partial charge in [0.2, 0.25) is 0 Å². The van der Waals surface area contributed by atoms with Crippen LogP contribution in [0.5, 0.6) is 0 Å². The van der Waals surface area contributed by atoms with E-state index in [1.54, 1.807) is 18.1 Å². The average molecular weight is 270 g/mol. The molecule has 2 unspecified atom stereocenters. The zero-order chi connectivity index (χ0) is 13.2. The second-order valence-corrected chi connectivity index (χ2v) is 6.71. The quantitative estimate of drug-likeness (QED) is 0.841. The van der Waals surface area contributed by atoms with E-state index in [0.29, 0.717) is 11.3 Å². The number of aromatic nitrogens is 3. The Morgan fingerprint density at radius 3 is 3.00 bits per heavy atom. The number of aryl methyl sites for hydroxylation is 1. The molecule has 6 heteroatoms. The van der Waals surface area contributed by atoms with Gasteiger partial charge < -0.3 is 15.0 Å². The van der Waals surface area contributed by atoms with Gasteiger partial charge in [-0.15, -0.1) is 10.2 Å². The number of hydrogen-bond donors (Lipinski definition) is 2. The van der Waals surface area contributed by atoms with Crippen molar-refractivity contribution in [2.24, 2.45) is 7.05 Å². The second-order valence-electron chi connectivity index (χ2n) is 5.44. The highest BCUT2D eigenvalue weighted by atomic mass is 32.2. The molecule has 2 rings (SSSR count). The molecular formula is C12H22N4OS. The fraction of sp³-hybridized carbons (Fsp3) is 0.833. The molecule has 1 aliphatic carbocycles. The Bertz CT molecular complexity index is 395. The topological polar surface area (TPSA) is 63.0 Å². The van der Waals surface area contributed by atoms with E-state index in [0.717, 1.165) is 24.4 Å². The van der Waals surface area contributed by atoms with Gasteiger partial charge in [-0.3, -0.25) is 0 Å². The monoisotopic (exact) mass is 270 g/mol. The lowest BCUT2D eigenvalue weighted by atomic mass is 9.98. The van der Waals surface area contributed by atoms with Crippen LogP contribution in [-0.2, 0) is 7.05 Å². The molecule has 1 aliphatic rings. The van der Waals surface area contributed by atoms with Crippen molar-refractivity contribution in [3.8, 4) is 0 Å². The fourth-order valence-corrected chi connectivity index (χ4v) is 3.88. The van der Waals surface area contributed by atoms with E-state index in [4.69, 9.17) is 0 Å². The van der Waals surface area contributed by atoms with Crippen molar-refractivity contribution < 1.29 is 5.11 Å². The number of rotatable bonds is 5. The van der Waals surface area contributed by atoms with E-state index in [1.165, 1.54) is 0 Å². The maximum atomic E-state index is 9.66. The van der Waals surface area contributed by atoms with Crippen LogP contribution < -0.4 is 5.32 Å². The summed E-state index contributed by atoms with van der Waals surface area (Å²) in [4.78, 5) is 0. The lowest BCUT2D eigenvalue weighted by Crippen LogP contribution is -2.49. The smallest absolute Gasteiger partial charge is 0.191 e. The first-order valence-electron chi connectivity index (χ1n) is 6.44. The summed E-state index contributed by atoms with van der Waals surface area (Å²) in [6.07, 6.45) is 4.84. The highest BCUT2D eigenvalue weighted by Crippen LogP contribution is 2.39. The molecule has 0 amide bonds. The minimum atomic E-state index is -0.107. The SMILES string of the molecule is CC(C)NC1(CO)CCC(Sc2nncn2C)C1. The molecule has 1 aromatic heterocycles. The van der Waals surface area contributed by atoms with Crippen LogP contribution in [0.15, 0.2) is 11.5 Å². The standard InChI is InChI=1S/C12H22N4OS/c1-9(2)14-12(7-17)5-4-10(6-12)18-11-15-13-8-16(11)3/h8-10,14,17H,4-7H2,1-3H3. The lowest BCUT2D eigenvalue weighted by Gasteiger charge is -2.31. The molecule has 2 N–H and O–H groups in total. The molecule has 18 heavy (non-hydrogen) atoms. The number of nitrogens with one attached hydrogen (secondary N) is 1. The second kappa shape index (κ2) is 5.59. The highest BCUT2D eigenvalue weighted by Gasteiger charge is 2.39. The molecule has 1 heterocycles. The minimum absolute atomic E-state index is 0.107. The summed E-state index contributed by atoms with van der Waals surface area (Å²) in [7, 11) is 1.96. The molecule has 102 valence electrons. The van der Waals surface area contributed by atoms with Gasteiger partial charge in [-0.05, 0) is 19.3 Å². The van der Waals surface area contributed by atoms with Crippen LogP contribution in [0.25, 0.3) is 0 Å². The van der Waals surface area contributed by atoms with Crippen LogP contribution in [-0.4, -0.2) is 43.3 Å². The molecule has 1 saturated carbocycles. The Morgan fingerprint density at radius 2 is 2.44 bits per heavy atom. The molecule has 0 saturated heterocycles. The van der Waals surface area contributed by atoms with E-state index >= 15 is 0 Å². The summed E-state index contributed by atoms with van der Waals surface area (Å²) in [6.45, 7) is 4.46. The zero-order valence-corrected chi connectivity index (χ0v) is 12.1. The van der Waals surface area contributed by atoms with E-state index < -0.39 is 0 Å². The molecule has 1 aromatic rings. The van der Waals surface area contributed by atoms with Gasteiger partial charge >= 0.3 is 0 Å². The van der Waals surface area contributed by atoms with Gasteiger partial charge in [0.05, 0.1) is 6.61 Å². The third kappa shape index (κ3) is 3.05. The molecule has 0 aromatic carbocycles. The number of thioether (sulfide) groups is 1. The third-order valence-corrected chi connectivity index (χ3v) is 4.72. The van der Waals surface area contributed by atoms with Gasteiger partial charge in [-0.1, -0.05) is 25.6 Å². The van der Waals surface area contributed by atoms with E-state index in [1.807, 2.05) is 11.6 Å². The zero-order valence-electron chi connectivity index (χ0n) is 11.3. The molecule has 0 aliphatic heterocycles. The summed E-state index contributed by atoms with van der Waals surface area (Å²) in [5.74, 6) is 0. The van der Waals surface area contributed by atoms with Crippen molar-refractivity contribution in [3.05, 3.63) is 6.33 Å². The van der Waals surface area contributed by atoms with Crippen molar-refractivity contribution in [3.63, 3.8) is 0 Å².